The van der Waals surface area contributed by atoms with Crippen LogP contribution in [0.15, 0.2) is 78.9 Å². The highest BCUT2D eigenvalue weighted by Crippen LogP contribution is 2.24. The van der Waals surface area contributed by atoms with Gasteiger partial charge >= 0.3 is 0 Å². The Morgan fingerprint density at radius 1 is 0.923 bits per heavy atom. The predicted molar refractivity (Wildman–Crippen MR) is 154 cm³/mol. The van der Waals surface area contributed by atoms with Gasteiger partial charge in [0.1, 0.15) is 24.9 Å². The Bertz CT molecular complexity index is 1340. The number of carbonyl (C=O) groups is 2. The highest BCUT2D eigenvalue weighted by Gasteiger charge is 2.31. The molecule has 0 unspecified atom stereocenters. The van der Waals surface area contributed by atoms with E-state index in [-0.39, 0.29) is 12.5 Å². The topological polar surface area (TPSA) is 96.0 Å². The van der Waals surface area contributed by atoms with Gasteiger partial charge in [-0.1, -0.05) is 61.5 Å². The van der Waals surface area contributed by atoms with Crippen LogP contribution in [-0.4, -0.2) is 50.5 Å². The highest BCUT2D eigenvalue weighted by atomic mass is 32.2. The minimum atomic E-state index is -3.81. The van der Waals surface area contributed by atoms with Gasteiger partial charge in [-0.05, 0) is 61.2 Å². The minimum absolute atomic E-state index is 0.186. The van der Waals surface area contributed by atoms with E-state index in [9.17, 15) is 18.0 Å². The molecule has 0 aliphatic carbocycles. The molecule has 39 heavy (non-hydrogen) atoms. The van der Waals surface area contributed by atoms with Crippen molar-refractivity contribution in [2.24, 2.45) is 0 Å². The van der Waals surface area contributed by atoms with E-state index < -0.39 is 28.5 Å². The SMILES string of the molecule is CCNC(=O)[C@@H](CC)N(Cc1ccccc1C)C(=O)CN(c1ccc(OCc2ccccc2)cc1)S(C)(=O)=O. The number of amides is 2. The molecule has 0 aliphatic heterocycles. The van der Waals surface area contributed by atoms with Gasteiger partial charge in [0.05, 0.1) is 11.9 Å². The molecule has 1 N–H and O–H groups in total. The molecular weight excluding hydrogens is 514 g/mol. The van der Waals surface area contributed by atoms with Crippen molar-refractivity contribution >= 4 is 27.5 Å². The lowest BCUT2D eigenvalue weighted by molar-refractivity contribution is -0.140. The van der Waals surface area contributed by atoms with E-state index in [2.05, 4.69) is 5.32 Å². The summed E-state index contributed by atoms with van der Waals surface area (Å²) < 4.78 is 32.5. The summed E-state index contributed by atoms with van der Waals surface area (Å²) in [6, 6.07) is 23.2. The van der Waals surface area contributed by atoms with Gasteiger partial charge in [-0.25, -0.2) is 8.42 Å². The number of sulfonamides is 1. The van der Waals surface area contributed by atoms with Crippen LogP contribution in [0.5, 0.6) is 5.75 Å². The normalized spacial score (nSPS) is 11.9. The number of rotatable bonds is 13. The van der Waals surface area contributed by atoms with Crippen molar-refractivity contribution in [3.8, 4) is 5.75 Å². The second-order valence-electron chi connectivity index (χ2n) is 9.30. The Balaban J connectivity index is 1.85. The molecule has 0 fully saturated rings. The first-order valence-electron chi connectivity index (χ1n) is 13.0. The van der Waals surface area contributed by atoms with Crippen molar-refractivity contribution in [3.05, 3.63) is 95.6 Å². The Hall–Kier alpha value is -3.85. The molecule has 3 rings (SSSR count). The summed E-state index contributed by atoms with van der Waals surface area (Å²) >= 11 is 0. The van der Waals surface area contributed by atoms with E-state index >= 15 is 0 Å². The number of hydrogen-bond donors (Lipinski definition) is 1. The van der Waals surface area contributed by atoms with Gasteiger partial charge in [-0.3, -0.25) is 13.9 Å². The Kier molecular flexibility index (Phi) is 10.5. The molecule has 208 valence electrons. The average Bonchev–Trinajstić information content (AvgIpc) is 2.92. The van der Waals surface area contributed by atoms with Crippen molar-refractivity contribution in [1.29, 1.82) is 0 Å². The van der Waals surface area contributed by atoms with Gasteiger partial charge in [-0.15, -0.1) is 0 Å². The molecule has 2 amide bonds. The molecule has 0 aliphatic rings. The number of carbonyl (C=O) groups excluding carboxylic acids is 2. The molecule has 8 nitrogen and oxygen atoms in total. The third kappa shape index (κ3) is 8.32. The van der Waals surface area contributed by atoms with E-state index in [1.54, 1.807) is 24.3 Å². The fraction of sp³-hybridized carbons (Fsp3) is 0.333. The number of aryl methyl sites for hydroxylation is 1. The molecule has 0 heterocycles. The number of anilines is 1. The molecule has 3 aromatic carbocycles. The fourth-order valence-corrected chi connectivity index (χ4v) is 5.10. The van der Waals surface area contributed by atoms with E-state index in [0.717, 1.165) is 27.3 Å². The fourth-order valence-electron chi connectivity index (χ4n) is 4.25. The maximum atomic E-state index is 13.7. The van der Waals surface area contributed by atoms with Crippen LogP contribution in [0, 0.1) is 6.92 Å². The summed E-state index contributed by atoms with van der Waals surface area (Å²) in [4.78, 5) is 28.1. The van der Waals surface area contributed by atoms with Crippen molar-refractivity contribution in [1.82, 2.24) is 10.2 Å². The van der Waals surface area contributed by atoms with Crippen molar-refractivity contribution in [2.45, 2.75) is 46.4 Å². The lowest BCUT2D eigenvalue weighted by atomic mass is 10.1. The quantitative estimate of drug-likeness (QED) is 0.342. The van der Waals surface area contributed by atoms with Gasteiger partial charge in [0.15, 0.2) is 0 Å². The van der Waals surface area contributed by atoms with Crippen molar-refractivity contribution < 1.29 is 22.7 Å². The molecule has 9 heteroatoms. The predicted octanol–water partition coefficient (Wildman–Crippen LogP) is 4.28. The third-order valence-corrected chi connectivity index (χ3v) is 7.53. The lowest BCUT2D eigenvalue weighted by Crippen LogP contribution is -2.52. The van der Waals surface area contributed by atoms with Crippen LogP contribution in [0.1, 0.15) is 37.0 Å². The third-order valence-electron chi connectivity index (χ3n) is 6.39. The second kappa shape index (κ2) is 13.8. The summed E-state index contributed by atoms with van der Waals surface area (Å²) in [6.07, 6.45) is 1.45. The Morgan fingerprint density at radius 3 is 2.15 bits per heavy atom. The smallest absolute Gasteiger partial charge is 0.244 e. The van der Waals surface area contributed by atoms with Crippen LogP contribution < -0.4 is 14.4 Å². The number of nitrogens with one attached hydrogen (secondary N) is 1. The number of hydrogen-bond acceptors (Lipinski definition) is 5. The second-order valence-corrected chi connectivity index (χ2v) is 11.2. The Morgan fingerprint density at radius 2 is 1.56 bits per heavy atom. The standard InChI is InChI=1S/C30H37N3O5S/c1-5-28(30(35)31-6-2)32(20-25-15-11-10-12-23(25)3)29(34)21-33(39(4,36)37)26-16-18-27(19-17-26)38-22-24-13-8-7-9-14-24/h7-19,28H,5-6,20-22H2,1-4H3,(H,31,35)/t28-/m1/s1. The molecule has 0 radical (unpaired) electrons. The molecule has 0 aromatic heterocycles. The average molecular weight is 552 g/mol. The first-order valence-corrected chi connectivity index (χ1v) is 14.8. The summed E-state index contributed by atoms with van der Waals surface area (Å²) in [5.41, 5.74) is 3.21. The van der Waals surface area contributed by atoms with Gasteiger partial charge in [0, 0.05) is 13.1 Å². The van der Waals surface area contributed by atoms with Gasteiger partial charge < -0.3 is 15.0 Å². The van der Waals surface area contributed by atoms with Crippen LogP contribution in [0.25, 0.3) is 0 Å². The van der Waals surface area contributed by atoms with Crippen LogP contribution >= 0.6 is 0 Å². The van der Waals surface area contributed by atoms with Gasteiger partial charge in [0.2, 0.25) is 21.8 Å². The zero-order chi connectivity index (χ0) is 28.4. The zero-order valence-corrected chi connectivity index (χ0v) is 23.8. The summed E-state index contributed by atoms with van der Waals surface area (Å²) in [6.45, 7) is 6.14. The highest BCUT2D eigenvalue weighted by molar-refractivity contribution is 7.92. The number of ether oxygens (including phenoxy) is 1. The Labute approximate surface area is 231 Å². The molecule has 0 spiro atoms. The summed E-state index contributed by atoms with van der Waals surface area (Å²) in [7, 11) is -3.81. The van der Waals surface area contributed by atoms with Crippen LogP contribution in [-0.2, 0) is 32.8 Å². The van der Waals surface area contributed by atoms with E-state index in [0.29, 0.717) is 31.0 Å². The molecular formula is C30H37N3O5S. The van der Waals surface area contributed by atoms with Crippen LogP contribution in [0.4, 0.5) is 5.69 Å². The van der Waals surface area contributed by atoms with Gasteiger partial charge in [-0.2, -0.15) is 0 Å². The minimum Gasteiger partial charge on any atom is -0.489 e. The summed E-state index contributed by atoms with van der Waals surface area (Å²) in [5, 5.41) is 2.80. The molecule has 1 atom stereocenters. The van der Waals surface area contributed by atoms with Crippen LogP contribution in [0.3, 0.4) is 0 Å². The zero-order valence-electron chi connectivity index (χ0n) is 23.0. The summed E-state index contributed by atoms with van der Waals surface area (Å²) in [5.74, 6) is -0.162. The van der Waals surface area contributed by atoms with E-state index in [1.165, 1.54) is 4.90 Å². The van der Waals surface area contributed by atoms with E-state index in [4.69, 9.17) is 4.74 Å². The van der Waals surface area contributed by atoms with Gasteiger partial charge in [0.25, 0.3) is 0 Å². The molecule has 0 saturated heterocycles. The van der Waals surface area contributed by atoms with Crippen molar-refractivity contribution in [3.63, 3.8) is 0 Å². The number of nitrogens with zero attached hydrogens (tertiary/aromatic N) is 2. The molecule has 3 aromatic rings. The maximum Gasteiger partial charge on any atom is 0.244 e. The lowest BCUT2D eigenvalue weighted by Gasteiger charge is -2.33. The van der Waals surface area contributed by atoms with E-state index in [1.807, 2.05) is 75.4 Å². The first-order chi connectivity index (χ1) is 18.6. The maximum absolute atomic E-state index is 13.7. The number of benzene rings is 3. The van der Waals surface area contributed by atoms with Crippen LogP contribution in [0.2, 0.25) is 0 Å². The largest absolute Gasteiger partial charge is 0.489 e. The molecule has 0 bridgehead atoms. The monoisotopic (exact) mass is 551 g/mol. The van der Waals surface area contributed by atoms with Crippen molar-refractivity contribution in [2.75, 3.05) is 23.7 Å². The number of likely N-dealkylation sites (N-methyl/N-ethyl adjacent to an activating group) is 1. The first kappa shape index (κ1) is 29.7. The molecule has 0 saturated carbocycles.